The first-order valence-electron chi connectivity index (χ1n) is 5.91. The van der Waals surface area contributed by atoms with E-state index < -0.39 is 5.79 Å². The molecule has 1 saturated heterocycles. The van der Waals surface area contributed by atoms with Gasteiger partial charge in [0, 0.05) is 12.3 Å². The molecule has 82 valence electrons. The van der Waals surface area contributed by atoms with Gasteiger partial charge in [-0.1, -0.05) is 13.8 Å². The number of fused-ring (bicyclic) bond motifs is 1. The minimum absolute atomic E-state index is 0.222. The molecule has 2 nitrogen and oxygen atoms in total. The molecule has 0 aromatic rings. The van der Waals surface area contributed by atoms with E-state index in [1.54, 1.807) is 0 Å². The van der Waals surface area contributed by atoms with Crippen molar-refractivity contribution in [1.29, 1.82) is 0 Å². The highest BCUT2D eigenvalue weighted by Crippen LogP contribution is 2.46. The average Bonchev–Trinajstić information content (AvgIpc) is 2.07. The van der Waals surface area contributed by atoms with Crippen LogP contribution in [0.15, 0.2) is 0 Å². The predicted molar refractivity (Wildman–Crippen MR) is 55.8 cm³/mol. The van der Waals surface area contributed by atoms with Gasteiger partial charge >= 0.3 is 0 Å². The van der Waals surface area contributed by atoms with E-state index in [1.807, 2.05) is 0 Å². The monoisotopic (exact) mass is 198 g/mol. The SMILES string of the molecule is C[C@H]1CCC2(O)O[C@H](C)C[C@H](C)C2C1. The number of ether oxygens (including phenoxy) is 1. The molecule has 1 aliphatic carbocycles. The Hall–Kier alpha value is -0.0800. The molecule has 2 rings (SSSR count). The molecule has 2 fully saturated rings. The first kappa shape index (κ1) is 10.4. The zero-order valence-electron chi connectivity index (χ0n) is 9.49. The lowest BCUT2D eigenvalue weighted by Crippen LogP contribution is -2.53. The molecule has 5 atom stereocenters. The molecule has 0 aromatic heterocycles. The number of aliphatic hydroxyl groups is 1. The van der Waals surface area contributed by atoms with Gasteiger partial charge in [-0.25, -0.2) is 0 Å². The third kappa shape index (κ3) is 1.70. The maximum Gasteiger partial charge on any atom is 0.168 e. The zero-order chi connectivity index (χ0) is 10.3. The molecule has 1 aliphatic heterocycles. The third-order valence-corrected chi connectivity index (χ3v) is 4.03. The Bertz CT molecular complexity index is 216. The minimum Gasteiger partial charge on any atom is -0.365 e. The molecule has 0 radical (unpaired) electrons. The van der Waals surface area contributed by atoms with Crippen molar-refractivity contribution in [3.05, 3.63) is 0 Å². The van der Waals surface area contributed by atoms with Crippen LogP contribution in [0.25, 0.3) is 0 Å². The van der Waals surface area contributed by atoms with Crippen LogP contribution in [0.1, 0.15) is 46.5 Å². The number of hydrogen-bond donors (Lipinski definition) is 1. The van der Waals surface area contributed by atoms with Gasteiger partial charge in [-0.05, 0) is 38.0 Å². The van der Waals surface area contributed by atoms with Gasteiger partial charge in [0.15, 0.2) is 5.79 Å². The second-order valence-corrected chi connectivity index (χ2v) is 5.47. The predicted octanol–water partition coefficient (Wildman–Crippen LogP) is 2.56. The maximum absolute atomic E-state index is 10.4. The lowest BCUT2D eigenvalue weighted by atomic mass is 9.69. The van der Waals surface area contributed by atoms with Crippen molar-refractivity contribution in [2.75, 3.05) is 0 Å². The molecule has 0 bridgehead atoms. The topological polar surface area (TPSA) is 29.5 Å². The normalized spacial score (nSPS) is 54.0. The van der Waals surface area contributed by atoms with Crippen LogP contribution in [-0.4, -0.2) is 17.0 Å². The van der Waals surface area contributed by atoms with Crippen molar-refractivity contribution >= 4 is 0 Å². The number of hydrogen-bond acceptors (Lipinski definition) is 2. The highest BCUT2D eigenvalue weighted by Gasteiger charge is 2.48. The van der Waals surface area contributed by atoms with Gasteiger partial charge in [0.25, 0.3) is 0 Å². The van der Waals surface area contributed by atoms with Crippen molar-refractivity contribution in [2.45, 2.75) is 58.3 Å². The van der Waals surface area contributed by atoms with Gasteiger partial charge in [-0.3, -0.25) is 0 Å². The summed E-state index contributed by atoms with van der Waals surface area (Å²) in [5.74, 6) is 0.914. The molecule has 2 unspecified atom stereocenters. The van der Waals surface area contributed by atoms with Gasteiger partial charge in [0.1, 0.15) is 0 Å². The highest BCUT2D eigenvalue weighted by atomic mass is 16.6. The van der Waals surface area contributed by atoms with Gasteiger partial charge in [-0.15, -0.1) is 0 Å². The fourth-order valence-electron chi connectivity index (χ4n) is 3.28. The van der Waals surface area contributed by atoms with Crippen LogP contribution in [0.3, 0.4) is 0 Å². The van der Waals surface area contributed by atoms with Crippen molar-refractivity contribution in [2.24, 2.45) is 17.8 Å². The Balaban J connectivity index is 2.15. The Kier molecular flexibility index (Phi) is 2.61. The Morgan fingerprint density at radius 1 is 1.21 bits per heavy atom. The van der Waals surface area contributed by atoms with Crippen LogP contribution >= 0.6 is 0 Å². The van der Waals surface area contributed by atoms with Crippen molar-refractivity contribution in [3.63, 3.8) is 0 Å². The van der Waals surface area contributed by atoms with Gasteiger partial charge < -0.3 is 9.84 Å². The molecule has 2 heteroatoms. The summed E-state index contributed by atoms with van der Waals surface area (Å²) < 4.78 is 5.75. The lowest BCUT2D eigenvalue weighted by molar-refractivity contribution is -0.308. The summed E-state index contributed by atoms with van der Waals surface area (Å²) in [7, 11) is 0. The summed E-state index contributed by atoms with van der Waals surface area (Å²) in [5, 5.41) is 10.4. The summed E-state index contributed by atoms with van der Waals surface area (Å²) in [4.78, 5) is 0. The molecular formula is C12H22O2. The van der Waals surface area contributed by atoms with Crippen LogP contribution in [0.4, 0.5) is 0 Å². The summed E-state index contributed by atoms with van der Waals surface area (Å²) in [5.41, 5.74) is 0. The fraction of sp³-hybridized carbons (Fsp3) is 1.00. The van der Waals surface area contributed by atoms with Gasteiger partial charge in [0.2, 0.25) is 0 Å². The summed E-state index contributed by atoms with van der Waals surface area (Å²) in [6, 6.07) is 0. The zero-order valence-corrected chi connectivity index (χ0v) is 9.49. The summed E-state index contributed by atoms with van der Waals surface area (Å²) >= 11 is 0. The van der Waals surface area contributed by atoms with E-state index in [-0.39, 0.29) is 6.10 Å². The molecule has 2 aliphatic rings. The summed E-state index contributed by atoms with van der Waals surface area (Å²) in [6.45, 7) is 6.61. The van der Waals surface area contributed by atoms with Crippen LogP contribution in [0.2, 0.25) is 0 Å². The van der Waals surface area contributed by atoms with E-state index in [4.69, 9.17) is 4.74 Å². The second kappa shape index (κ2) is 3.49. The van der Waals surface area contributed by atoms with Gasteiger partial charge in [-0.2, -0.15) is 0 Å². The van der Waals surface area contributed by atoms with Gasteiger partial charge in [0.05, 0.1) is 6.10 Å². The lowest BCUT2D eigenvalue weighted by Gasteiger charge is -2.50. The molecule has 1 N–H and O–H groups in total. The average molecular weight is 198 g/mol. The second-order valence-electron chi connectivity index (χ2n) is 5.47. The van der Waals surface area contributed by atoms with Crippen LogP contribution < -0.4 is 0 Å². The molecule has 14 heavy (non-hydrogen) atoms. The molecule has 0 spiro atoms. The fourth-order valence-corrected chi connectivity index (χ4v) is 3.28. The quantitative estimate of drug-likeness (QED) is 0.648. The standard InChI is InChI=1S/C12H22O2/c1-8-4-5-12(13)11(6-8)9(2)7-10(3)14-12/h8-11,13H,4-7H2,1-3H3/t8-,9-,10+,11?,12?/m0/s1. The Morgan fingerprint density at radius 3 is 2.64 bits per heavy atom. The molecule has 1 saturated carbocycles. The van der Waals surface area contributed by atoms with E-state index in [9.17, 15) is 5.11 Å². The van der Waals surface area contributed by atoms with Crippen LogP contribution in [0, 0.1) is 17.8 Å². The van der Waals surface area contributed by atoms with Crippen LogP contribution in [-0.2, 0) is 4.74 Å². The third-order valence-electron chi connectivity index (χ3n) is 4.03. The Morgan fingerprint density at radius 2 is 1.93 bits per heavy atom. The van der Waals surface area contributed by atoms with E-state index in [2.05, 4.69) is 20.8 Å². The van der Waals surface area contributed by atoms with E-state index >= 15 is 0 Å². The van der Waals surface area contributed by atoms with Crippen LogP contribution in [0.5, 0.6) is 0 Å². The molecular weight excluding hydrogens is 176 g/mol. The van der Waals surface area contributed by atoms with E-state index in [0.717, 1.165) is 31.6 Å². The largest absolute Gasteiger partial charge is 0.365 e. The van der Waals surface area contributed by atoms with E-state index in [0.29, 0.717) is 11.8 Å². The molecule has 0 amide bonds. The van der Waals surface area contributed by atoms with Crippen molar-refractivity contribution in [1.82, 2.24) is 0 Å². The number of rotatable bonds is 0. The summed E-state index contributed by atoms with van der Waals surface area (Å²) in [6.07, 6.45) is 4.38. The smallest absolute Gasteiger partial charge is 0.168 e. The van der Waals surface area contributed by atoms with Crippen molar-refractivity contribution < 1.29 is 9.84 Å². The van der Waals surface area contributed by atoms with Crippen molar-refractivity contribution in [3.8, 4) is 0 Å². The first-order valence-corrected chi connectivity index (χ1v) is 5.91. The maximum atomic E-state index is 10.4. The van der Waals surface area contributed by atoms with E-state index in [1.165, 1.54) is 0 Å². The molecule has 1 heterocycles. The molecule has 0 aromatic carbocycles. The minimum atomic E-state index is -0.802. The highest BCUT2D eigenvalue weighted by molar-refractivity contribution is 4.92. The Labute approximate surface area is 86.6 Å². The first-order chi connectivity index (χ1) is 6.51.